The molecule has 2 amide bonds. The second-order valence-electron chi connectivity index (χ2n) is 9.68. The van der Waals surface area contributed by atoms with Crippen molar-refractivity contribution in [1.29, 1.82) is 0 Å². The van der Waals surface area contributed by atoms with Crippen LogP contribution in [0.25, 0.3) is 0 Å². The van der Waals surface area contributed by atoms with Gasteiger partial charge in [0, 0.05) is 54.4 Å². The molecule has 1 saturated carbocycles. The van der Waals surface area contributed by atoms with Crippen LogP contribution in [0.4, 0.5) is 13.2 Å². The van der Waals surface area contributed by atoms with Crippen LogP contribution in [0.3, 0.4) is 0 Å². The zero-order chi connectivity index (χ0) is 26.7. The Balaban J connectivity index is 1.71. The second-order valence-corrected chi connectivity index (χ2v) is 10.1. The fraction of sp³-hybridized carbons (Fsp3) is 0.500. The maximum atomic E-state index is 14.0. The van der Waals surface area contributed by atoms with E-state index in [0.717, 1.165) is 11.1 Å². The third-order valence-electron chi connectivity index (χ3n) is 6.97. The van der Waals surface area contributed by atoms with Gasteiger partial charge in [-0.1, -0.05) is 17.7 Å². The van der Waals surface area contributed by atoms with Crippen LogP contribution in [-0.2, 0) is 11.2 Å². The monoisotopic (exact) mass is 524 g/mol. The van der Waals surface area contributed by atoms with E-state index >= 15 is 0 Å². The molecule has 0 spiro atoms. The number of aromatic nitrogens is 1. The van der Waals surface area contributed by atoms with E-state index in [2.05, 4.69) is 15.6 Å². The van der Waals surface area contributed by atoms with Gasteiger partial charge in [0.25, 0.3) is 5.91 Å². The molecule has 36 heavy (non-hydrogen) atoms. The predicted octanol–water partition coefficient (Wildman–Crippen LogP) is 4.51. The number of nitrogens with zero attached hydrogens (tertiary/aromatic N) is 2. The summed E-state index contributed by atoms with van der Waals surface area (Å²) in [6, 6.07) is 8.23. The first kappa shape index (κ1) is 27.9. The number of hydrogen-bond acceptors (Lipinski definition) is 4. The Morgan fingerprint density at radius 1 is 1.19 bits per heavy atom. The molecular weight excluding hydrogens is 493 g/mol. The van der Waals surface area contributed by atoms with E-state index < -0.39 is 23.4 Å². The van der Waals surface area contributed by atoms with Gasteiger partial charge in [-0.05, 0) is 75.7 Å². The van der Waals surface area contributed by atoms with Gasteiger partial charge < -0.3 is 15.5 Å². The lowest BCUT2D eigenvalue weighted by molar-refractivity contribution is -0.195. The highest BCUT2D eigenvalue weighted by Gasteiger charge is 2.67. The number of rotatable bonds is 10. The Kier molecular flexibility index (Phi) is 8.67. The molecule has 0 bridgehead atoms. The number of nitrogens with one attached hydrogen (secondary N) is 2. The van der Waals surface area contributed by atoms with Crippen LogP contribution >= 0.6 is 11.6 Å². The first-order valence-electron chi connectivity index (χ1n) is 11.8. The molecule has 0 saturated heterocycles. The van der Waals surface area contributed by atoms with E-state index in [-0.39, 0.29) is 37.8 Å². The molecule has 1 aromatic carbocycles. The number of carbonyl (C=O) groups is 2. The third-order valence-corrected chi connectivity index (χ3v) is 7.32. The number of alkyl halides is 3. The van der Waals surface area contributed by atoms with Crippen LogP contribution in [0.2, 0.25) is 5.02 Å². The predicted molar refractivity (Wildman–Crippen MR) is 133 cm³/mol. The topological polar surface area (TPSA) is 74.3 Å². The average Bonchev–Trinajstić information content (AvgIpc) is 3.62. The molecule has 1 aliphatic rings. The number of aryl methyl sites for hydroxylation is 1. The van der Waals surface area contributed by atoms with Crippen LogP contribution in [0, 0.1) is 12.3 Å². The van der Waals surface area contributed by atoms with E-state index in [1.54, 1.807) is 37.3 Å². The van der Waals surface area contributed by atoms with E-state index in [0.29, 0.717) is 22.7 Å². The Bertz CT molecular complexity index is 1100. The highest BCUT2D eigenvalue weighted by molar-refractivity contribution is 6.31. The number of pyridine rings is 1. The summed E-state index contributed by atoms with van der Waals surface area (Å²) in [5.41, 5.74) is 0.428. The Morgan fingerprint density at radius 2 is 1.89 bits per heavy atom. The zero-order valence-electron chi connectivity index (χ0n) is 20.9. The smallest absolute Gasteiger partial charge is 0.355 e. The lowest BCUT2D eigenvalue weighted by Crippen LogP contribution is -2.43. The first-order chi connectivity index (χ1) is 16.9. The standard InChI is InChI=1S/C26H32ClF3N4O2/c1-16-7-10-32-22(11-16)20(25(8-9-25)26(28,29)30)14-23(35)33-15-19(34(3)4)12-17-5-6-18(13-21(17)27)24(36)31-2/h5-7,10-11,13,19-20H,8-9,12,14-15H2,1-4H3,(H,31,36)(H,33,35). The Hall–Kier alpha value is -2.65. The van der Waals surface area contributed by atoms with Gasteiger partial charge in [0.15, 0.2) is 0 Å². The molecule has 0 radical (unpaired) electrons. The van der Waals surface area contributed by atoms with E-state index in [1.165, 1.54) is 13.2 Å². The van der Waals surface area contributed by atoms with Gasteiger partial charge in [0.2, 0.25) is 5.91 Å². The van der Waals surface area contributed by atoms with Gasteiger partial charge in [-0.2, -0.15) is 13.2 Å². The summed E-state index contributed by atoms with van der Waals surface area (Å²) in [5.74, 6) is -1.74. The molecule has 2 atom stereocenters. The van der Waals surface area contributed by atoms with Crippen LogP contribution in [-0.4, -0.2) is 61.6 Å². The van der Waals surface area contributed by atoms with Crippen LogP contribution in [0.5, 0.6) is 0 Å². The molecule has 6 nitrogen and oxygen atoms in total. The zero-order valence-corrected chi connectivity index (χ0v) is 21.6. The van der Waals surface area contributed by atoms with E-state index in [4.69, 9.17) is 11.6 Å². The van der Waals surface area contributed by atoms with Crippen molar-refractivity contribution in [2.75, 3.05) is 27.7 Å². The summed E-state index contributed by atoms with van der Waals surface area (Å²) in [6.45, 7) is 2.02. The number of carbonyl (C=O) groups excluding carboxylic acids is 2. The van der Waals surface area contributed by atoms with E-state index in [1.807, 2.05) is 19.0 Å². The normalized spacial score (nSPS) is 16.4. The number of likely N-dealkylation sites (N-methyl/N-ethyl adjacent to an activating group) is 1. The van der Waals surface area contributed by atoms with Gasteiger partial charge >= 0.3 is 6.18 Å². The summed E-state index contributed by atoms with van der Waals surface area (Å²) in [5, 5.41) is 5.80. The molecule has 2 aromatic rings. The molecule has 0 aliphatic heterocycles. The van der Waals surface area contributed by atoms with Crippen LogP contribution in [0.1, 0.15) is 52.4 Å². The number of amides is 2. The number of hydrogen-bond donors (Lipinski definition) is 2. The van der Waals surface area contributed by atoms with Crippen LogP contribution in [0.15, 0.2) is 36.5 Å². The lowest BCUT2D eigenvalue weighted by Gasteiger charge is -2.29. The summed E-state index contributed by atoms with van der Waals surface area (Å²) in [6.07, 6.45) is -2.74. The van der Waals surface area contributed by atoms with Crippen molar-refractivity contribution in [2.45, 2.75) is 50.7 Å². The van der Waals surface area contributed by atoms with Gasteiger partial charge in [-0.3, -0.25) is 14.6 Å². The average molecular weight is 525 g/mol. The molecule has 1 fully saturated rings. The van der Waals surface area contributed by atoms with Crippen molar-refractivity contribution in [3.63, 3.8) is 0 Å². The fourth-order valence-electron chi connectivity index (χ4n) is 4.48. The maximum absolute atomic E-state index is 14.0. The van der Waals surface area contributed by atoms with Gasteiger partial charge in [-0.15, -0.1) is 0 Å². The van der Waals surface area contributed by atoms with Crippen molar-refractivity contribution < 1.29 is 22.8 Å². The SMILES string of the molecule is CNC(=O)c1ccc(CC(CNC(=O)CC(c2cc(C)ccn2)C2(C(F)(F)F)CC2)N(C)C)c(Cl)c1. The number of halogens is 4. The molecule has 1 heterocycles. The quantitative estimate of drug-likeness (QED) is 0.480. The molecule has 2 N–H and O–H groups in total. The van der Waals surface area contributed by atoms with Gasteiger partial charge in [-0.25, -0.2) is 0 Å². The Labute approximate surface area is 214 Å². The van der Waals surface area contributed by atoms with E-state index in [9.17, 15) is 22.8 Å². The number of benzene rings is 1. The van der Waals surface area contributed by atoms with Crippen molar-refractivity contribution >= 4 is 23.4 Å². The molecule has 1 aliphatic carbocycles. The van der Waals surface area contributed by atoms with Crippen molar-refractivity contribution in [3.8, 4) is 0 Å². The molecule has 3 rings (SSSR count). The molecule has 196 valence electrons. The van der Waals surface area contributed by atoms with Crippen molar-refractivity contribution in [1.82, 2.24) is 20.5 Å². The summed E-state index contributed by atoms with van der Waals surface area (Å²) < 4.78 is 41.9. The largest absolute Gasteiger partial charge is 0.395 e. The minimum absolute atomic E-state index is 0.00502. The molecule has 10 heteroatoms. The Morgan fingerprint density at radius 3 is 2.42 bits per heavy atom. The lowest BCUT2D eigenvalue weighted by atomic mass is 9.82. The van der Waals surface area contributed by atoms with Crippen molar-refractivity contribution in [3.05, 3.63) is 63.9 Å². The molecule has 1 aromatic heterocycles. The second kappa shape index (κ2) is 11.2. The van der Waals surface area contributed by atoms with Gasteiger partial charge in [0.1, 0.15) is 0 Å². The fourth-order valence-corrected chi connectivity index (χ4v) is 4.73. The van der Waals surface area contributed by atoms with Crippen molar-refractivity contribution in [2.24, 2.45) is 5.41 Å². The maximum Gasteiger partial charge on any atom is 0.395 e. The molecular formula is C26H32ClF3N4O2. The van der Waals surface area contributed by atoms with Gasteiger partial charge in [0.05, 0.1) is 5.41 Å². The minimum Gasteiger partial charge on any atom is -0.355 e. The summed E-state index contributed by atoms with van der Waals surface area (Å²) >= 11 is 6.39. The van der Waals surface area contributed by atoms with Crippen LogP contribution < -0.4 is 10.6 Å². The molecule has 2 unspecified atom stereocenters. The minimum atomic E-state index is -4.41. The summed E-state index contributed by atoms with van der Waals surface area (Å²) in [7, 11) is 5.24. The highest BCUT2D eigenvalue weighted by Crippen LogP contribution is 2.65. The third kappa shape index (κ3) is 6.37. The first-order valence-corrected chi connectivity index (χ1v) is 12.2. The summed E-state index contributed by atoms with van der Waals surface area (Å²) in [4.78, 5) is 30.9. The highest BCUT2D eigenvalue weighted by atomic mass is 35.5.